The molecule has 2 rings (SSSR count). The van der Waals surface area contributed by atoms with E-state index >= 15 is 0 Å². The molecular formula is C13H12ClN3O2. The molecule has 2 aromatic rings. The van der Waals surface area contributed by atoms with Gasteiger partial charge in [0.15, 0.2) is 11.5 Å². The Bertz CT molecular complexity index is 603. The number of aryl methyl sites for hydroxylation is 2. The second kappa shape index (κ2) is 5.24. The summed E-state index contributed by atoms with van der Waals surface area (Å²) in [6.07, 6.45) is 0. The summed E-state index contributed by atoms with van der Waals surface area (Å²) in [6, 6.07) is 6.77. The summed E-state index contributed by atoms with van der Waals surface area (Å²) < 4.78 is 0. The lowest BCUT2D eigenvalue weighted by Gasteiger charge is -2.11. The van der Waals surface area contributed by atoms with Gasteiger partial charge in [0.25, 0.3) is 0 Å². The van der Waals surface area contributed by atoms with Gasteiger partial charge in [-0.1, -0.05) is 17.7 Å². The molecule has 0 saturated heterocycles. The van der Waals surface area contributed by atoms with Crippen molar-refractivity contribution in [2.45, 2.75) is 13.8 Å². The molecule has 0 atom stereocenters. The molecule has 1 heterocycles. The SMILES string of the molecule is Cc1cc(C)c(Nc2ccc(C(=O)O)nn2)c(Cl)c1. The fourth-order valence-corrected chi connectivity index (χ4v) is 2.08. The highest BCUT2D eigenvalue weighted by molar-refractivity contribution is 6.33. The summed E-state index contributed by atoms with van der Waals surface area (Å²) in [4.78, 5) is 10.7. The minimum absolute atomic E-state index is 0.0997. The summed E-state index contributed by atoms with van der Waals surface area (Å²) in [5, 5.41) is 19.8. The highest BCUT2D eigenvalue weighted by atomic mass is 35.5. The fraction of sp³-hybridized carbons (Fsp3) is 0.154. The normalized spacial score (nSPS) is 10.3. The van der Waals surface area contributed by atoms with Gasteiger partial charge in [0, 0.05) is 0 Å². The van der Waals surface area contributed by atoms with E-state index < -0.39 is 5.97 Å². The maximum absolute atomic E-state index is 10.7. The number of carbonyl (C=O) groups is 1. The van der Waals surface area contributed by atoms with Gasteiger partial charge < -0.3 is 10.4 Å². The first kappa shape index (κ1) is 13.3. The number of nitrogens with zero attached hydrogens (tertiary/aromatic N) is 2. The predicted octanol–water partition coefficient (Wildman–Crippen LogP) is 3.19. The fourth-order valence-electron chi connectivity index (χ4n) is 1.72. The third kappa shape index (κ3) is 3.00. The molecule has 0 radical (unpaired) electrons. The highest BCUT2D eigenvalue weighted by Crippen LogP contribution is 2.29. The average Bonchev–Trinajstić information content (AvgIpc) is 2.34. The lowest BCUT2D eigenvalue weighted by Crippen LogP contribution is -2.04. The number of rotatable bonds is 3. The number of aromatic carboxylic acids is 1. The van der Waals surface area contributed by atoms with E-state index in [1.54, 1.807) is 6.07 Å². The van der Waals surface area contributed by atoms with Crippen molar-refractivity contribution in [1.29, 1.82) is 0 Å². The second-order valence-electron chi connectivity index (χ2n) is 4.17. The van der Waals surface area contributed by atoms with Crippen molar-refractivity contribution in [1.82, 2.24) is 10.2 Å². The Kier molecular flexibility index (Phi) is 3.66. The largest absolute Gasteiger partial charge is 0.476 e. The molecule has 6 heteroatoms. The van der Waals surface area contributed by atoms with Gasteiger partial charge in [-0.25, -0.2) is 4.79 Å². The van der Waals surface area contributed by atoms with Crippen LogP contribution in [0.25, 0.3) is 0 Å². The molecule has 0 unspecified atom stereocenters. The summed E-state index contributed by atoms with van der Waals surface area (Å²) in [5.41, 5.74) is 2.69. The first-order valence-electron chi connectivity index (χ1n) is 5.58. The standard InChI is InChI=1S/C13H12ClN3O2/c1-7-5-8(2)12(9(14)6-7)15-11-4-3-10(13(18)19)16-17-11/h3-6H,1-2H3,(H,15,17)(H,18,19). The molecule has 0 amide bonds. The third-order valence-corrected chi connectivity index (χ3v) is 2.87. The Balaban J connectivity index is 2.29. The van der Waals surface area contributed by atoms with Gasteiger partial charge in [0.1, 0.15) is 0 Å². The molecule has 0 aliphatic heterocycles. The topological polar surface area (TPSA) is 75.1 Å². The lowest BCUT2D eigenvalue weighted by molar-refractivity contribution is 0.0689. The van der Waals surface area contributed by atoms with Crippen molar-refractivity contribution < 1.29 is 9.90 Å². The number of halogens is 1. The Labute approximate surface area is 115 Å². The summed E-state index contributed by atoms with van der Waals surface area (Å²) in [5.74, 6) is -0.664. The maximum atomic E-state index is 10.7. The van der Waals surface area contributed by atoms with Crippen LogP contribution in [0.5, 0.6) is 0 Å². The predicted molar refractivity (Wildman–Crippen MR) is 73.2 cm³/mol. The van der Waals surface area contributed by atoms with Crippen LogP contribution < -0.4 is 5.32 Å². The van der Waals surface area contributed by atoms with E-state index in [0.717, 1.165) is 16.8 Å². The van der Waals surface area contributed by atoms with Gasteiger partial charge in [-0.3, -0.25) is 0 Å². The molecule has 1 aromatic carbocycles. The van der Waals surface area contributed by atoms with Crippen LogP contribution in [-0.4, -0.2) is 21.3 Å². The minimum atomic E-state index is -1.11. The third-order valence-electron chi connectivity index (χ3n) is 2.57. The monoisotopic (exact) mass is 277 g/mol. The smallest absolute Gasteiger partial charge is 0.356 e. The molecular weight excluding hydrogens is 266 g/mol. The Morgan fingerprint density at radius 3 is 2.53 bits per heavy atom. The number of benzene rings is 1. The van der Waals surface area contributed by atoms with Crippen LogP contribution in [0.2, 0.25) is 5.02 Å². The van der Waals surface area contributed by atoms with E-state index in [-0.39, 0.29) is 5.69 Å². The zero-order chi connectivity index (χ0) is 14.0. The quantitative estimate of drug-likeness (QED) is 0.901. The molecule has 1 aromatic heterocycles. The minimum Gasteiger partial charge on any atom is -0.476 e. The molecule has 5 nitrogen and oxygen atoms in total. The van der Waals surface area contributed by atoms with E-state index in [0.29, 0.717) is 10.8 Å². The maximum Gasteiger partial charge on any atom is 0.356 e. The van der Waals surface area contributed by atoms with Crippen LogP contribution in [0.1, 0.15) is 21.6 Å². The molecule has 2 N–H and O–H groups in total. The highest BCUT2D eigenvalue weighted by Gasteiger charge is 2.08. The molecule has 0 bridgehead atoms. The van der Waals surface area contributed by atoms with Crippen LogP contribution in [-0.2, 0) is 0 Å². The van der Waals surface area contributed by atoms with Gasteiger partial charge in [0.2, 0.25) is 0 Å². The zero-order valence-electron chi connectivity index (χ0n) is 10.4. The van der Waals surface area contributed by atoms with E-state index in [2.05, 4.69) is 15.5 Å². The molecule has 0 spiro atoms. The van der Waals surface area contributed by atoms with Gasteiger partial charge in [-0.15, -0.1) is 10.2 Å². The van der Waals surface area contributed by atoms with Crippen molar-refractivity contribution >= 4 is 29.1 Å². The van der Waals surface area contributed by atoms with Gasteiger partial charge in [-0.05, 0) is 43.2 Å². The Morgan fingerprint density at radius 1 is 1.26 bits per heavy atom. The number of nitrogens with one attached hydrogen (secondary N) is 1. The molecule has 0 saturated carbocycles. The van der Waals surface area contributed by atoms with E-state index in [9.17, 15) is 4.79 Å². The first-order chi connectivity index (χ1) is 8.97. The van der Waals surface area contributed by atoms with Crippen molar-refractivity contribution in [3.05, 3.63) is 46.1 Å². The molecule has 19 heavy (non-hydrogen) atoms. The van der Waals surface area contributed by atoms with Crippen LogP contribution in [0.15, 0.2) is 24.3 Å². The van der Waals surface area contributed by atoms with Crippen LogP contribution in [0.3, 0.4) is 0 Å². The molecule has 0 fully saturated rings. The zero-order valence-corrected chi connectivity index (χ0v) is 11.2. The van der Waals surface area contributed by atoms with Crippen molar-refractivity contribution in [2.24, 2.45) is 0 Å². The Morgan fingerprint density at radius 2 is 2.00 bits per heavy atom. The lowest BCUT2D eigenvalue weighted by atomic mass is 10.1. The second-order valence-corrected chi connectivity index (χ2v) is 4.58. The summed E-state index contributed by atoms with van der Waals surface area (Å²) >= 11 is 6.16. The summed E-state index contributed by atoms with van der Waals surface area (Å²) in [6.45, 7) is 3.89. The van der Waals surface area contributed by atoms with Gasteiger partial charge >= 0.3 is 5.97 Å². The van der Waals surface area contributed by atoms with Gasteiger partial charge in [-0.2, -0.15) is 0 Å². The molecule has 98 valence electrons. The van der Waals surface area contributed by atoms with Crippen LogP contribution >= 0.6 is 11.6 Å². The first-order valence-corrected chi connectivity index (χ1v) is 5.96. The number of aromatic nitrogens is 2. The number of carboxylic acid groups (broad SMARTS) is 1. The van der Waals surface area contributed by atoms with Gasteiger partial charge in [0.05, 0.1) is 10.7 Å². The van der Waals surface area contributed by atoms with Crippen molar-refractivity contribution in [3.8, 4) is 0 Å². The molecule has 0 aliphatic rings. The average molecular weight is 278 g/mol. The number of anilines is 2. The van der Waals surface area contributed by atoms with Crippen LogP contribution in [0.4, 0.5) is 11.5 Å². The number of hydrogen-bond donors (Lipinski definition) is 2. The van der Waals surface area contributed by atoms with E-state index in [1.165, 1.54) is 6.07 Å². The number of hydrogen-bond acceptors (Lipinski definition) is 4. The van der Waals surface area contributed by atoms with Crippen LogP contribution in [0, 0.1) is 13.8 Å². The number of carboxylic acids is 1. The van der Waals surface area contributed by atoms with Crippen molar-refractivity contribution in [2.75, 3.05) is 5.32 Å². The van der Waals surface area contributed by atoms with Crippen molar-refractivity contribution in [3.63, 3.8) is 0 Å². The van der Waals surface area contributed by atoms with E-state index in [4.69, 9.17) is 16.7 Å². The van der Waals surface area contributed by atoms with E-state index in [1.807, 2.05) is 26.0 Å². The summed E-state index contributed by atoms with van der Waals surface area (Å²) in [7, 11) is 0. The Hall–Kier alpha value is -2.14. The molecule has 0 aliphatic carbocycles.